The summed E-state index contributed by atoms with van der Waals surface area (Å²) in [5.74, 6) is 0.315. The second-order valence-electron chi connectivity index (χ2n) is 5.33. The van der Waals surface area contributed by atoms with Gasteiger partial charge in [0.05, 0.1) is 5.69 Å². The van der Waals surface area contributed by atoms with E-state index in [4.69, 9.17) is 0 Å². The van der Waals surface area contributed by atoms with Gasteiger partial charge in [-0.25, -0.2) is 4.68 Å². The van der Waals surface area contributed by atoms with Gasteiger partial charge < -0.3 is 0 Å². The molecule has 0 aliphatic heterocycles. The molecule has 0 fully saturated rings. The van der Waals surface area contributed by atoms with Gasteiger partial charge in [0.1, 0.15) is 0 Å². The first kappa shape index (κ1) is 13.5. The van der Waals surface area contributed by atoms with Crippen molar-refractivity contribution in [1.29, 1.82) is 0 Å². The van der Waals surface area contributed by atoms with E-state index in [1.807, 2.05) is 45.0 Å². The van der Waals surface area contributed by atoms with Crippen molar-refractivity contribution < 1.29 is 4.79 Å². The molecule has 3 heteroatoms. The van der Waals surface area contributed by atoms with Gasteiger partial charge in [-0.05, 0) is 44.4 Å². The molecule has 1 aromatic heterocycles. The summed E-state index contributed by atoms with van der Waals surface area (Å²) in [7, 11) is 0. The molecule has 100 valence electrons. The monoisotopic (exact) mass is 256 g/mol. The molecule has 3 nitrogen and oxygen atoms in total. The Balaban J connectivity index is 2.48. The molecule has 0 amide bonds. The van der Waals surface area contributed by atoms with Gasteiger partial charge in [0.15, 0.2) is 0 Å². The van der Waals surface area contributed by atoms with E-state index in [2.05, 4.69) is 18.9 Å². The van der Waals surface area contributed by atoms with E-state index in [1.165, 1.54) is 10.2 Å². The van der Waals surface area contributed by atoms with Crippen LogP contribution in [0.4, 0.5) is 0 Å². The summed E-state index contributed by atoms with van der Waals surface area (Å²) in [4.78, 5) is 12.5. The molecule has 2 aromatic rings. The molecule has 0 aliphatic rings. The molecule has 1 aromatic carbocycles. The maximum atomic E-state index is 12.5. The number of carbonyl (C=O) groups excluding carboxylic acids is 1. The number of benzene rings is 1. The van der Waals surface area contributed by atoms with Crippen LogP contribution < -0.4 is 0 Å². The van der Waals surface area contributed by atoms with Gasteiger partial charge in [0.25, 0.3) is 5.91 Å². The number of hydrogen-bond donors (Lipinski definition) is 0. The number of carbonyl (C=O) groups is 1. The van der Waals surface area contributed by atoms with E-state index < -0.39 is 0 Å². The largest absolute Gasteiger partial charge is 0.278 e. The first-order valence-corrected chi connectivity index (χ1v) is 6.59. The predicted octanol–water partition coefficient (Wildman–Crippen LogP) is 3.62. The quantitative estimate of drug-likeness (QED) is 0.822. The van der Waals surface area contributed by atoms with Crippen LogP contribution in [0.2, 0.25) is 0 Å². The van der Waals surface area contributed by atoms with Gasteiger partial charge in [0, 0.05) is 11.3 Å². The highest BCUT2D eigenvalue weighted by Crippen LogP contribution is 2.23. The van der Waals surface area contributed by atoms with Crippen LogP contribution in [0.15, 0.2) is 24.3 Å². The van der Waals surface area contributed by atoms with Gasteiger partial charge in [-0.3, -0.25) is 4.79 Å². The summed E-state index contributed by atoms with van der Waals surface area (Å²) in [6.45, 7) is 10.2. The molecule has 2 rings (SSSR count). The summed E-state index contributed by atoms with van der Waals surface area (Å²) in [6.07, 6.45) is 0. The zero-order valence-corrected chi connectivity index (χ0v) is 12.2. The summed E-state index contributed by atoms with van der Waals surface area (Å²) in [6, 6.07) is 7.61. The minimum absolute atomic E-state index is 0.0591. The molecule has 19 heavy (non-hydrogen) atoms. The molecule has 0 N–H and O–H groups in total. The molecule has 0 aliphatic carbocycles. The summed E-state index contributed by atoms with van der Waals surface area (Å²) < 4.78 is 1.53. The van der Waals surface area contributed by atoms with Crippen LogP contribution in [0, 0.1) is 20.8 Å². The molecular formula is C16H20N2O. The summed E-state index contributed by atoms with van der Waals surface area (Å²) in [5.41, 5.74) is 4.81. The van der Waals surface area contributed by atoms with Crippen molar-refractivity contribution in [2.75, 3.05) is 0 Å². The third-order valence-electron chi connectivity index (χ3n) is 3.38. The van der Waals surface area contributed by atoms with E-state index in [0.717, 1.165) is 17.0 Å². The van der Waals surface area contributed by atoms with Gasteiger partial charge in [0.2, 0.25) is 0 Å². The van der Waals surface area contributed by atoms with Crippen LogP contribution in [0.3, 0.4) is 0 Å². The van der Waals surface area contributed by atoms with E-state index in [-0.39, 0.29) is 5.91 Å². The first-order valence-electron chi connectivity index (χ1n) is 6.59. The van der Waals surface area contributed by atoms with Crippen molar-refractivity contribution in [3.05, 3.63) is 52.3 Å². The third kappa shape index (κ3) is 2.46. The Hall–Kier alpha value is -1.90. The fourth-order valence-corrected chi connectivity index (χ4v) is 2.59. The Labute approximate surface area is 114 Å². The average molecular weight is 256 g/mol. The zero-order valence-electron chi connectivity index (χ0n) is 12.2. The fourth-order valence-electron chi connectivity index (χ4n) is 2.59. The average Bonchev–Trinajstić information content (AvgIpc) is 2.63. The van der Waals surface area contributed by atoms with Crippen molar-refractivity contribution in [2.45, 2.75) is 40.5 Å². The second-order valence-corrected chi connectivity index (χ2v) is 5.33. The number of aryl methyl sites for hydroxylation is 2. The highest BCUT2D eigenvalue weighted by molar-refractivity contribution is 5.96. The summed E-state index contributed by atoms with van der Waals surface area (Å²) in [5, 5.41) is 4.40. The Morgan fingerprint density at radius 2 is 1.89 bits per heavy atom. The van der Waals surface area contributed by atoms with Crippen molar-refractivity contribution in [2.24, 2.45) is 0 Å². The number of hydrogen-bond acceptors (Lipinski definition) is 2. The Morgan fingerprint density at radius 1 is 1.21 bits per heavy atom. The minimum Gasteiger partial charge on any atom is -0.267 e. The van der Waals surface area contributed by atoms with E-state index in [1.54, 1.807) is 0 Å². The second kappa shape index (κ2) is 5.00. The highest BCUT2D eigenvalue weighted by atomic mass is 16.2. The van der Waals surface area contributed by atoms with Crippen molar-refractivity contribution in [3.8, 4) is 0 Å². The minimum atomic E-state index is -0.0591. The zero-order chi connectivity index (χ0) is 14.2. The van der Waals surface area contributed by atoms with Crippen LogP contribution in [0.1, 0.15) is 52.6 Å². The molecule has 0 bridgehead atoms. The van der Waals surface area contributed by atoms with E-state index >= 15 is 0 Å². The Bertz CT molecular complexity index is 624. The van der Waals surface area contributed by atoms with Crippen LogP contribution >= 0.6 is 0 Å². The number of nitrogens with zero attached hydrogens (tertiary/aromatic N) is 2. The van der Waals surface area contributed by atoms with E-state index in [9.17, 15) is 4.79 Å². The lowest BCUT2D eigenvalue weighted by Crippen LogP contribution is -2.15. The number of rotatable bonds is 2. The maximum absolute atomic E-state index is 12.5. The fraction of sp³-hybridized carbons (Fsp3) is 0.375. The molecule has 0 spiro atoms. The first-order chi connectivity index (χ1) is 8.91. The molecule has 1 heterocycles. The topological polar surface area (TPSA) is 34.9 Å². The van der Waals surface area contributed by atoms with Crippen LogP contribution in [-0.2, 0) is 0 Å². The lowest BCUT2D eigenvalue weighted by atomic mass is 10.0. The standard InChI is InChI=1S/C16H20N2O/c1-10(2)15-12(4)17-18(13(15)5)16(19)14-8-6-7-11(3)9-14/h6-10H,1-5H3. The molecular weight excluding hydrogens is 236 g/mol. The molecule has 0 atom stereocenters. The molecule has 0 radical (unpaired) electrons. The van der Waals surface area contributed by atoms with Crippen LogP contribution in [0.25, 0.3) is 0 Å². The Morgan fingerprint density at radius 3 is 2.42 bits per heavy atom. The highest BCUT2D eigenvalue weighted by Gasteiger charge is 2.19. The third-order valence-corrected chi connectivity index (χ3v) is 3.38. The van der Waals surface area contributed by atoms with Crippen molar-refractivity contribution >= 4 is 5.91 Å². The predicted molar refractivity (Wildman–Crippen MR) is 76.7 cm³/mol. The number of aromatic nitrogens is 2. The van der Waals surface area contributed by atoms with Gasteiger partial charge in [-0.15, -0.1) is 0 Å². The van der Waals surface area contributed by atoms with Crippen LogP contribution in [0.5, 0.6) is 0 Å². The van der Waals surface area contributed by atoms with Crippen LogP contribution in [-0.4, -0.2) is 15.7 Å². The lowest BCUT2D eigenvalue weighted by Gasteiger charge is -2.07. The molecule has 0 saturated carbocycles. The van der Waals surface area contributed by atoms with Crippen molar-refractivity contribution in [1.82, 2.24) is 9.78 Å². The lowest BCUT2D eigenvalue weighted by molar-refractivity contribution is 0.0942. The van der Waals surface area contributed by atoms with Crippen molar-refractivity contribution in [3.63, 3.8) is 0 Å². The van der Waals surface area contributed by atoms with Gasteiger partial charge in [-0.1, -0.05) is 31.5 Å². The van der Waals surface area contributed by atoms with Gasteiger partial charge >= 0.3 is 0 Å². The Kier molecular flexibility index (Phi) is 3.56. The molecule has 0 saturated heterocycles. The smallest absolute Gasteiger partial charge is 0.267 e. The van der Waals surface area contributed by atoms with Gasteiger partial charge in [-0.2, -0.15) is 5.10 Å². The maximum Gasteiger partial charge on any atom is 0.278 e. The molecule has 0 unspecified atom stereocenters. The SMILES string of the molecule is Cc1cccc(C(=O)n2nc(C)c(C(C)C)c2C)c1. The normalized spacial score (nSPS) is 11.1. The van der Waals surface area contributed by atoms with E-state index in [0.29, 0.717) is 11.5 Å². The summed E-state index contributed by atoms with van der Waals surface area (Å²) >= 11 is 0.